The SMILES string of the molecule is Cc1ccc2[nH]c(CN3CC=C(c4cnn(C)c4)CC3)nc2c1C. The number of aryl methyl sites for hydroxylation is 3. The summed E-state index contributed by atoms with van der Waals surface area (Å²) in [5, 5.41) is 4.27. The van der Waals surface area contributed by atoms with Crippen LogP contribution in [-0.4, -0.2) is 37.7 Å². The highest BCUT2D eigenvalue weighted by Crippen LogP contribution is 2.23. The van der Waals surface area contributed by atoms with E-state index in [2.05, 4.69) is 53.2 Å². The van der Waals surface area contributed by atoms with Gasteiger partial charge in [-0.1, -0.05) is 12.1 Å². The standard InChI is InChI=1S/C19H23N5/c1-13-4-5-17-19(14(13)2)22-18(21-17)12-24-8-6-15(7-9-24)16-10-20-23(3)11-16/h4-6,10-11H,7-9,12H2,1-3H3,(H,21,22). The third-order valence-electron chi connectivity index (χ3n) is 4.97. The van der Waals surface area contributed by atoms with E-state index in [1.165, 1.54) is 22.3 Å². The van der Waals surface area contributed by atoms with Crippen molar-refractivity contribution in [1.29, 1.82) is 0 Å². The van der Waals surface area contributed by atoms with Crippen LogP contribution in [0.1, 0.15) is 28.9 Å². The molecule has 124 valence electrons. The number of aromatic amines is 1. The van der Waals surface area contributed by atoms with Gasteiger partial charge in [-0.2, -0.15) is 5.10 Å². The summed E-state index contributed by atoms with van der Waals surface area (Å²) in [7, 11) is 1.96. The van der Waals surface area contributed by atoms with Crippen molar-refractivity contribution in [1.82, 2.24) is 24.6 Å². The molecule has 3 heterocycles. The van der Waals surface area contributed by atoms with Crippen molar-refractivity contribution in [3.05, 3.63) is 53.1 Å². The van der Waals surface area contributed by atoms with Gasteiger partial charge in [-0.3, -0.25) is 9.58 Å². The zero-order valence-electron chi connectivity index (χ0n) is 14.5. The maximum atomic E-state index is 4.82. The number of nitrogens with zero attached hydrogens (tertiary/aromatic N) is 4. The molecule has 0 spiro atoms. The smallest absolute Gasteiger partial charge is 0.121 e. The van der Waals surface area contributed by atoms with Crippen molar-refractivity contribution in [3.8, 4) is 0 Å². The molecule has 1 aliphatic rings. The van der Waals surface area contributed by atoms with E-state index in [9.17, 15) is 0 Å². The molecule has 0 saturated carbocycles. The van der Waals surface area contributed by atoms with Gasteiger partial charge in [-0.15, -0.1) is 0 Å². The molecular formula is C19H23N5. The predicted octanol–water partition coefficient (Wildman–Crippen LogP) is 3.20. The molecule has 0 unspecified atom stereocenters. The number of H-pyrrole nitrogens is 1. The van der Waals surface area contributed by atoms with Crippen molar-refractivity contribution < 1.29 is 0 Å². The van der Waals surface area contributed by atoms with E-state index < -0.39 is 0 Å². The molecule has 0 radical (unpaired) electrons. The van der Waals surface area contributed by atoms with E-state index in [4.69, 9.17) is 4.98 Å². The molecule has 0 saturated heterocycles. The molecule has 1 N–H and O–H groups in total. The second-order valence-electron chi connectivity index (χ2n) is 6.70. The molecule has 0 fully saturated rings. The molecule has 3 aromatic rings. The summed E-state index contributed by atoms with van der Waals surface area (Å²) in [6.07, 6.45) is 7.42. The van der Waals surface area contributed by atoms with Crippen LogP contribution in [-0.2, 0) is 13.6 Å². The van der Waals surface area contributed by atoms with Gasteiger partial charge in [-0.05, 0) is 43.0 Å². The highest BCUT2D eigenvalue weighted by molar-refractivity contribution is 5.79. The first-order chi connectivity index (χ1) is 11.6. The van der Waals surface area contributed by atoms with Crippen molar-refractivity contribution in [3.63, 3.8) is 0 Å². The molecule has 5 heteroatoms. The molecule has 1 aromatic carbocycles. The zero-order chi connectivity index (χ0) is 16.7. The molecule has 0 aliphatic carbocycles. The number of hydrogen-bond donors (Lipinski definition) is 1. The van der Waals surface area contributed by atoms with E-state index in [1.54, 1.807) is 0 Å². The number of nitrogens with one attached hydrogen (secondary N) is 1. The maximum absolute atomic E-state index is 4.82. The normalized spacial score (nSPS) is 15.9. The van der Waals surface area contributed by atoms with E-state index in [0.29, 0.717) is 0 Å². The zero-order valence-corrected chi connectivity index (χ0v) is 14.5. The third kappa shape index (κ3) is 2.76. The van der Waals surface area contributed by atoms with Gasteiger partial charge < -0.3 is 4.98 Å². The molecule has 0 amide bonds. The minimum Gasteiger partial charge on any atom is -0.341 e. The summed E-state index contributed by atoms with van der Waals surface area (Å²) >= 11 is 0. The molecular weight excluding hydrogens is 298 g/mol. The van der Waals surface area contributed by atoms with E-state index >= 15 is 0 Å². The Hall–Kier alpha value is -2.40. The first-order valence-corrected chi connectivity index (χ1v) is 8.45. The number of imidazole rings is 1. The van der Waals surface area contributed by atoms with Gasteiger partial charge in [0.15, 0.2) is 0 Å². The molecule has 4 rings (SSSR count). The van der Waals surface area contributed by atoms with Crippen LogP contribution < -0.4 is 0 Å². The summed E-state index contributed by atoms with van der Waals surface area (Å²) in [6, 6.07) is 4.29. The lowest BCUT2D eigenvalue weighted by atomic mass is 10.0. The first kappa shape index (κ1) is 15.1. The quantitative estimate of drug-likeness (QED) is 0.806. The molecule has 5 nitrogen and oxygen atoms in total. The number of fused-ring (bicyclic) bond motifs is 1. The second-order valence-corrected chi connectivity index (χ2v) is 6.70. The Morgan fingerprint density at radius 1 is 1.25 bits per heavy atom. The van der Waals surface area contributed by atoms with Crippen LogP contribution in [0.15, 0.2) is 30.6 Å². The number of aromatic nitrogens is 4. The predicted molar refractivity (Wildman–Crippen MR) is 96.6 cm³/mol. The van der Waals surface area contributed by atoms with Crippen molar-refractivity contribution in [2.75, 3.05) is 13.1 Å². The lowest BCUT2D eigenvalue weighted by Gasteiger charge is -2.25. The van der Waals surface area contributed by atoms with Crippen LogP contribution in [0, 0.1) is 13.8 Å². The van der Waals surface area contributed by atoms with Crippen LogP contribution in [0.2, 0.25) is 0 Å². The minimum absolute atomic E-state index is 0.865. The third-order valence-corrected chi connectivity index (χ3v) is 4.97. The van der Waals surface area contributed by atoms with Crippen LogP contribution in [0.4, 0.5) is 0 Å². The van der Waals surface area contributed by atoms with Gasteiger partial charge in [0.2, 0.25) is 0 Å². The number of rotatable bonds is 3. The van der Waals surface area contributed by atoms with Gasteiger partial charge in [0, 0.05) is 31.9 Å². The van der Waals surface area contributed by atoms with Gasteiger partial charge in [-0.25, -0.2) is 4.98 Å². The lowest BCUT2D eigenvalue weighted by molar-refractivity contribution is 0.287. The van der Waals surface area contributed by atoms with E-state index in [0.717, 1.165) is 42.9 Å². The van der Waals surface area contributed by atoms with Crippen LogP contribution in [0.25, 0.3) is 16.6 Å². The Morgan fingerprint density at radius 2 is 2.12 bits per heavy atom. The molecule has 2 aromatic heterocycles. The van der Waals surface area contributed by atoms with E-state index in [1.807, 2.05) is 17.9 Å². The van der Waals surface area contributed by atoms with Crippen LogP contribution >= 0.6 is 0 Å². The Balaban J connectivity index is 1.49. The van der Waals surface area contributed by atoms with Crippen molar-refractivity contribution in [2.45, 2.75) is 26.8 Å². The number of benzene rings is 1. The Bertz CT molecular complexity index is 915. The van der Waals surface area contributed by atoms with Crippen LogP contribution in [0.3, 0.4) is 0 Å². The molecule has 0 bridgehead atoms. The summed E-state index contributed by atoms with van der Waals surface area (Å²) in [5.41, 5.74) is 7.45. The lowest BCUT2D eigenvalue weighted by Crippen LogP contribution is -2.28. The van der Waals surface area contributed by atoms with Gasteiger partial charge in [0.1, 0.15) is 5.82 Å². The highest BCUT2D eigenvalue weighted by atomic mass is 15.2. The minimum atomic E-state index is 0.865. The van der Waals surface area contributed by atoms with Crippen molar-refractivity contribution in [2.24, 2.45) is 7.05 Å². The average molecular weight is 321 g/mol. The topological polar surface area (TPSA) is 49.7 Å². The van der Waals surface area contributed by atoms with E-state index in [-0.39, 0.29) is 0 Å². The van der Waals surface area contributed by atoms with Crippen LogP contribution in [0.5, 0.6) is 0 Å². The van der Waals surface area contributed by atoms with Gasteiger partial charge >= 0.3 is 0 Å². The summed E-state index contributed by atoms with van der Waals surface area (Å²) in [5.74, 6) is 1.05. The highest BCUT2D eigenvalue weighted by Gasteiger charge is 2.16. The Labute approximate surface area is 142 Å². The van der Waals surface area contributed by atoms with Gasteiger partial charge in [0.05, 0.1) is 23.8 Å². The Morgan fingerprint density at radius 3 is 2.83 bits per heavy atom. The first-order valence-electron chi connectivity index (χ1n) is 8.45. The summed E-state index contributed by atoms with van der Waals surface area (Å²) < 4.78 is 1.86. The summed E-state index contributed by atoms with van der Waals surface area (Å²) in [4.78, 5) is 10.7. The molecule has 0 atom stereocenters. The fourth-order valence-electron chi connectivity index (χ4n) is 3.36. The molecule has 1 aliphatic heterocycles. The monoisotopic (exact) mass is 321 g/mol. The largest absolute Gasteiger partial charge is 0.341 e. The summed E-state index contributed by atoms with van der Waals surface area (Å²) in [6.45, 7) is 7.16. The maximum Gasteiger partial charge on any atom is 0.121 e. The average Bonchev–Trinajstić information content (AvgIpc) is 3.18. The van der Waals surface area contributed by atoms with Crippen molar-refractivity contribution >= 4 is 16.6 Å². The number of hydrogen-bond acceptors (Lipinski definition) is 3. The van der Waals surface area contributed by atoms with Gasteiger partial charge in [0.25, 0.3) is 0 Å². The fourth-order valence-corrected chi connectivity index (χ4v) is 3.36. The fraction of sp³-hybridized carbons (Fsp3) is 0.368. The Kier molecular flexibility index (Phi) is 3.73. The second kappa shape index (κ2) is 5.91. The molecule has 24 heavy (non-hydrogen) atoms.